The third-order valence-electron chi connectivity index (χ3n) is 5.04. The van der Waals surface area contributed by atoms with E-state index < -0.39 is 0 Å². The minimum absolute atomic E-state index is 0.000982. The molecule has 0 spiro atoms. The molecule has 2 heterocycles. The SMILES string of the molecule is CCN(CCN1C(=O)CS[C@H]1c1ccc(C(C)(C)C)cc1)C(=O)c1ccco1. The lowest BCUT2D eigenvalue weighted by Crippen LogP contribution is -2.40. The van der Waals surface area contributed by atoms with Crippen LogP contribution in [0.1, 0.15) is 54.8 Å². The van der Waals surface area contributed by atoms with Gasteiger partial charge in [0.05, 0.1) is 12.0 Å². The van der Waals surface area contributed by atoms with Crippen LogP contribution >= 0.6 is 11.8 Å². The Labute approximate surface area is 171 Å². The van der Waals surface area contributed by atoms with Crippen LogP contribution in [0.2, 0.25) is 0 Å². The lowest BCUT2D eigenvalue weighted by Gasteiger charge is -2.28. The number of thioether (sulfide) groups is 1. The van der Waals surface area contributed by atoms with E-state index in [0.29, 0.717) is 31.1 Å². The predicted octanol–water partition coefficient (Wildman–Crippen LogP) is 4.31. The summed E-state index contributed by atoms with van der Waals surface area (Å²) in [5.41, 5.74) is 2.51. The zero-order valence-electron chi connectivity index (χ0n) is 17.0. The molecular formula is C22H28N2O3S. The maximum atomic E-state index is 12.5. The maximum absolute atomic E-state index is 12.5. The smallest absolute Gasteiger partial charge is 0.289 e. The lowest BCUT2D eigenvalue weighted by molar-refractivity contribution is -0.128. The fourth-order valence-corrected chi connectivity index (χ4v) is 4.53. The van der Waals surface area contributed by atoms with E-state index >= 15 is 0 Å². The molecule has 1 aliphatic rings. The van der Waals surface area contributed by atoms with Gasteiger partial charge in [-0.25, -0.2) is 0 Å². The number of rotatable bonds is 6. The summed E-state index contributed by atoms with van der Waals surface area (Å²) in [6.07, 6.45) is 1.50. The Morgan fingerprint density at radius 1 is 1.25 bits per heavy atom. The van der Waals surface area contributed by atoms with Gasteiger partial charge in [0, 0.05) is 19.6 Å². The Morgan fingerprint density at radius 2 is 1.96 bits per heavy atom. The minimum atomic E-state index is -0.141. The van der Waals surface area contributed by atoms with Crippen LogP contribution < -0.4 is 0 Å². The first-order valence-corrected chi connectivity index (χ1v) is 10.7. The van der Waals surface area contributed by atoms with Crippen molar-refractivity contribution < 1.29 is 14.0 Å². The summed E-state index contributed by atoms with van der Waals surface area (Å²) in [5.74, 6) is 0.789. The number of carbonyl (C=O) groups is 2. The molecule has 1 fully saturated rings. The second-order valence-corrected chi connectivity index (χ2v) is 9.05. The van der Waals surface area contributed by atoms with Crippen LogP contribution in [0.5, 0.6) is 0 Å². The summed E-state index contributed by atoms with van der Waals surface area (Å²) in [5, 5.41) is -0.000982. The topological polar surface area (TPSA) is 53.8 Å². The van der Waals surface area contributed by atoms with Crippen molar-refractivity contribution in [2.24, 2.45) is 0 Å². The van der Waals surface area contributed by atoms with Crippen molar-refractivity contribution in [3.05, 3.63) is 59.5 Å². The normalized spacial score (nSPS) is 17.2. The van der Waals surface area contributed by atoms with Gasteiger partial charge in [0.15, 0.2) is 5.76 Å². The summed E-state index contributed by atoms with van der Waals surface area (Å²) in [7, 11) is 0. The average Bonchev–Trinajstić information content (AvgIpc) is 3.32. The molecule has 1 saturated heterocycles. The Hall–Kier alpha value is -2.21. The van der Waals surface area contributed by atoms with E-state index in [0.717, 1.165) is 5.56 Å². The molecule has 0 bridgehead atoms. The third-order valence-corrected chi connectivity index (χ3v) is 6.30. The molecular weight excluding hydrogens is 372 g/mol. The van der Waals surface area contributed by atoms with Gasteiger partial charge in [-0.2, -0.15) is 0 Å². The van der Waals surface area contributed by atoms with Crippen molar-refractivity contribution in [1.29, 1.82) is 0 Å². The van der Waals surface area contributed by atoms with E-state index in [2.05, 4.69) is 45.0 Å². The minimum Gasteiger partial charge on any atom is -0.459 e. The molecule has 0 aliphatic carbocycles. The van der Waals surface area contributed by atoms with Gasteiger partial charge < -0.3 is 14.2 Å². The fourth-order valence-electron chi connectivity index (χ4n) is 3.31. The number of furan rings is 1. The molecule has 0 radical (unpaired) electrons. The molecule has 1 aromatic carbocycles. The van der Waals surface area contributed by atoms with Crippen LogP contribution in [0.4, 0.5) is 0 Å². The molecule has 2 aromatic rings. The molecule has 0 unspecified atom stereocenters. The van der Waals surface area contributed by atoms with Crippen molar-refractivity contribution in [3.63, 3.8) is 0 Å². The molecule has 0 saturated carbocycles. The van der Waals surface area contributed by atoms with E-state index in [4.69, 9.17) is 4.42 Å². The number of carbonyl (C=O) groups excluding carboxylic acids is 2. The molecule has 1 aliphatic heterocycles. The highest BCUT2D eigenvalue weighted by Gasteiger charge is 2.33. The first-order valence-electron chi connectivity index (χ1n) is 9.65. The zero-order chi connectivity index (χ0) is 20.3. The molecule has 6 heteroatoms. The van der Waals surface area contributed by atoms with Gasteiger partial charge in [-0.1, -0.05) is 45.0 Å². The highest BCUT2D eigenvalue weighted by Crippen LogP contribution is 2.39. The van der Waals surface area contributed by atoms with Gasteiger partial charge in [-0.05, 0) is 35.6 Å². The highest BCUT2D eigenvalue weighted by atomic mass is 32.2. The Morgan fingerprint density at radius 3 is 2.54 bits per heavy atom. The monoisotopic (exact) mass is 400 g/mol. The number of nitrogens with zero attached hydrogens (tertiary/aromatic N) is 2. The third kappa shape index (κ3) is 4.43. The first kappa shape index (κ1) is 20.5. The summed E-state index contributed by atoms with van der Waals surface area (Å²) in [4.78, 5) is 28.6. The van der Waals surface area contributed by atoms with Gasteiger partial charge in [0.1, 0.15) is 5.37 Å². The molecule has 28 heavy (non-hydrogen) atoms. The number of amides is 2. The van der Waals surface area contributed by atoms with Gasteiger partial charge in [0.2, 0.25) is 5.91 Å². The molecule has 1 aromatic heterocycles. The summed E-state index contributed by atoms with van der Waals surface area (Å²) in [6, 6.07) is 11.9. The summed E-state index contributed by atoms with van der Waals surface area (Å²) >= 11 is 1.64. The van der Waals surface area contributed by atoms with Crippen LogP contribution in [0, 0.1) is 0 Å². The van der Waals surface area contributed by atoms with Crippen LogP contribution in [0.3, 0.4) is 0 Å². The van der Waals surface area contributed by atoms with Crippen molar-refractivity contribution in [1.82, 2.24) is 9.80 Å². The van der Waals surface area contributed by atoms with Gasteiger partial charge in [-0.15, -0.1) is 11.8 Å². The molecule has 0 N–H and O–H groups in total. The second kappa shape index (κ2) is 8.43. The van der Waals surface area contributed by atoms with E-state index in [1.165, 1.54) is 11.8 Å². The largest absolute Gasteiger partial charge is 0.459 e. The summed E-state index contributed by atoms with van der Waals surface area (Å²) in [6.45, 7) is 10.1. The van der Waals surface area contributed by atoms with E-state index in [-0.39, 0.29) is 22.6 Å². The van der Waals surface area contributed by atoms with Crippen LogP contribution in [-0.2, 0) is 10.2 Å². The van der Waals surface area contributed by atoms with Crippen molar-refractivity contribution in [2.45, 2.75) is 38.5 Å². The Kier molecular flexibility index (Phi) is 6.18. The van der Waals surface area contributed by atoms with Gasteiger partial charge in [0.25, 0.3) is 5.91 Å². The highest BCUT2D eigenvalue weighted by molar-refractivity contribution is 8.00. The van der Waals surface area contributed by atoms with E-state index in [9.17, 15) is 9.59 Å². The van der Waals surface area contributed by atoms with Crippen molar-refractivity contribution in [3.8, 4) is 0 Å². The number of hydrogen-bond donors (Lipinski definition) is 0. The molecule has 2 amide bonds. The number of benzene rings is 1. The maximum Gasteiger partial charge on any atom is 0.289 e. The fraction of sp³-hybridized carbons (Fsp3) is 0.455. The molecule has 1 atom stereocenters. The van der Waals surface area contributed by atoms with Crippen LogP contribution in [-0.4, -0.2) is 47.0 Å². The van der Waals surface area contributed by atoms with E-state index in [1.807, 2.05) is 11.8 Å². The second-order valence-electron chi connectivity index (χ2n) is 7.98. The molecule has 3 rings (SSSR count). The molecule has 5 nitrogen and oxygen atoms in total. The Bertz CT molecular complexity index is 809. The average molecular weight is 401 g/mol. The van der Waals surface area contributed by atoms with Crippen LogP contribution in [0.15, 0.2) is 47.1 Å². The Balaban J connectivity index is 1.69. The number of hydrogen-bond acceptors (Lipinski definition) is 4. The van der Waals surface area contributed by atoms with Crippen molar-refractivity contribution in [2.75, 3.05) is 25.4 Å². The molecule has 150 valence electrons. The quantitative estimate of drug-likeness (QED) is 0.725. The van der Waals surface area contributed by atoms with Crippen molar-refractivity contribution >= 4 is 23.6 Å². The standard InChI is InChI=1S/C22H28N2O3S/c1-5-23(20(26)18-7-6-14-27-18)12-13-24-19(25)15-28-21(24)16-8-10-17(11-9-16)22(2,3)4/h6-11,14,21H,5,12-13,15H2,1-4H3/t21-/m0/s1. The lowest BCUT2D eigenvalue weighted by atomic mass is 9.87. The summed E-state index contributed by atoms with van der Waals surface area (Å²) < 4.78 is 5.22. The first-order chi connectivity index (χ1) is 13.3. The number of likely N-dealkylation sites (N-methyl/N-ethyl adjacent to an activating group) is 1. The van der Waals surface area contributed by atoms with Gasteiger partial charge in [-0.3, -0.25) is 9.59 Å². The van der Waals surface area contributed by atoms with Crippen LogP contribution in [0.25, 0.3) is 0 Å². The van der Waals surface area contributed by atoms with E-state index in [1.54, 1.807) is 28.8 Å². The van der Waals surface area contributed by atoms with Gasteiger partial charge >= 0.3 is 0 Å². The predicted molar refractivity (Wildman–Crippen MR) is 112 cm³/mol. The zero-order valence-corrected chi connectivity index (χ0v) is 17.8.